The molecule has 7 heteroatoms. The van der Waals surface area contributed by atoms with Gasteiger partial charge < -0.3 is 4.90 Å². The third kappa shape index (κ3) is 4.76. The van der Waals surface area contributed by atoms with Gasteiger partial charge in [0, 0.05) is 37.8 Å². The van der Waals surface area contributed by atoms with E-state index in [1.54, 1.807) is 50.5 Å². The Bertz CT molecular complexity index is 1270. The van der Waals surface area contributed by atoms with Crippen LogP contribution >= 0.6 is 0 Å². The van der Waals surface area contributed by atoms with Crippen LogP contribution in [0.4, 0.5) is 4.39 Å². The van der Waals surface area contributed by atoms with Gasteiger partial charge in [-0.15, -0.1) is 0 Å². The molecule has 0 N–H and O–H groups in total. The number of hydrogen-bond acceptors (Lipinski definition) is 3. The van der Waals surface area contributed by atoms with Gasteiger partial charge >= 0.3 is 0 Å². The molecule has 0 aliphatic carbocycles. The molecule has 1 amide bonds. The highest BCUT2D eigenvalue weighted by Crippen LogP contribution is 2.38. The van der Waals surface area contributed by atoms with E-state index in [4.69, 9.17) is 0 Å². The summed E-state index contributed by atoms with van der Waals surface area (Å²) in [6.45, 7) is 1.87. The van der Waals surface area contributed by atoms with E-state index in [0.29, 0.717) is 23.1 Å². The maximum absolute atomic E-state index is 15.1. The molecule has 1 fully saturated rings. The second-order valence-corrected chi connectivity index (χ2v) is 11.1. The molecule has 178 valence electrons. The molecule has 0 bridgehead atoms. The van der Waals surface area contributed by atoms with Crippen molar-refractivity contribution in [3.8, 4) is 11.1 Å². The SMILES string of the molecule is C[C@H]1CCC(c2ccccc2)S(=O)(=O)N1Cc1ccc(-c2ccc(C(=O)N(C)C)cc2)cc1F. The average molecular weight is 481 g/mol. The van der Waals surface area contributed by atoms with Gasteiger partial charge in [0.15, 0.2) is 0 Å². The molecule has 1 unspecified atom stereocenters. The Balaban J connectivity index is 1.57. The fourth-order valence-corrected chi connectivity index (χ4v) is 6.63. The molecule has 0 aromatic heterocycles. The highest BCUT2D eigenvalue weighted by atomic mass is 32.2. The van der Waals surface area contributed by atoms with Crippen LogP contribution in [-0.4, -0.2) is 43.7 Å². The molecule has 3 aromatic carbocycles. The second kappa shape index (κ2) is 9.68. The first-order valence-electron chi connectivity index (χ1n) is 11.3. The predicted octanol–water partition coefficient (Wildman–Crippen LogP) is 5.25. The van der Waals surface area contributed by atoms with Crippen LogP contribution in [0.1, 0.15) is 46.5 Å². The Morgan fingerprint density at radius 2 is 1.62 bits per heavy atom. The Kier molecular flexibility index (Phi) is 6.86. The van der Waals surface area contributed by atoms with Crippen molar-refractivity contribution in [1.82, 2.24) is 9.21 Å². The van der Waals surface area contributed by atoms with Crippen LogP contribution in [-0.2, 0) is 16.6 Å². The number of rotatable bonds is 5. The van der Waals surface area contributed by atoms with E-state index in [0.717, 1.165) is 17.5 Å². The standard InChI is InChI=1S/C27H29FN2O3S/c1-19-9-16-26(21-7-5-4-6-8-21)34(32,33)30(19)18-24-15-14-23(17-25(24)28)20-10-12-22(13-11-20)27(31)29(2)3/h4-8,10-15,17,19,26H,9,16,18H2,1-3H3/t19-,26?/m0/s1. The normalized spacial score (nSPS) is 20.1. The summed E-state index contributed by atoms with van der Waals surface area (Å²) in [5, 5.41) is -0.615. The van der Waals surface area contributed by atoms with Crippen molar-refractivity contribution in [2.75, 3.05) is 14.1 Å². The topological polar surface area (TPSA) is 57.7 Å². The molecule has 1 heterocycles. The summed E-state index contributed by atoms with van der Waals surface area (Å²) in [4.78, 5) is 13.6. The highest BCUT2D eigenvalue weighted by Gasteiger charge is 2.40. The Morgan fingerprint density at radius 1 is 0.971 bits per heavy atom. The fourth-order valence-electron chi connectivity index (χ4n) is 4.44. The minimum absolute atomic E-state index is 0.00474. The number of carbonyl (C=O) groups excluding carboxylic acids is 1. The third-order valence-corrected chi connectivity index (χ3v) is 8.82. The molecule has 1 aliphatic rings. The molecular formula is C27H29FN2O3S. The van der Waals surface area contributed by atoms with Gasteiger partial charge in [-0.05, 0) is 54.7 Å². The second-order valence-electron chi connectivity index (χ2n) is 9.00. The Labute approximate surface area is 200 Å². The first kappa shape index (κ1) is 24.1. The maximum atomic E-state index is 15.1. The van der Waals surface area contributed by atoms with Crippen molar-refractivity contribution in [3.63, 3.8) is 0 Å². The minimum atomic E-state index is -3.63. The van der Waals surface area contributed by atoms with E-state index in [2.05, 4.69) is 0 Å². The monoisotopic (exact) mass is 480 g/mol. The molecule has 0 radical (unpaired) electrons. The number of halogens is 1. The lowest BCUT2D eigenvalue weighted by Crippen LogP contribution is -2.44. The van der Waals surface area contributed by atoms with E-state index >= 15 is 4.39 Å². The molecule has 0 saturated carbocycles. The fraction of sp³-hybridized carbons (Fsp3) is 0.296. The molecule has 5 nitrogen and oxygen atoms in total. The van der Waals surface area contributed by atoms with Crippen molar-refractivity contribution >= 4 is 15.9 Å². The molecular weight excluding hydrogens is 451 g/mol. The number of sulfonamides is 1. The van der Waals surface area contributed by atoms with Crippen LogP contribution in [0.15, 0.2) is 72.8 Å². The summed E-state index contributed by atoms with van der Waals surface area (Å²) in [6.07, 6.45) is 1.27. The Hall–Kier alpha value is -3.03. The molecule has 2 atom stereocenters. The summed E-state index contributed by atoms with van der Waals surface area (Å²) >= 11 is 0. The van der Waals surface area contributed by atoms with Gasteiger partial charge in [0.2, 0.25) is 10.0 Å². The third-order valence-electron chi connectivity index (χ3n) is 6.45. The molecule has 0 spiro atoms. The van der Waals surface area contributed by atoms with Gasteiger partial charge in [0.1, 0.15) is 11.1 Å². The van der Waals surface area contributed by atoms with Crippen LogP contribution in [0.5, 0.6) is 0 Å². The first-order chi connectivity index (χ1) is 16.2. The maximum Gasteiger partial charge on any atom is 0.253 e. The van der Waals surface area contributed by atoms with Gasteiger partial charge in [-0.1, -0.05) is 54.6 Å². The van der Waals surface area contributed by atoms with Crippen molar-refractivity contribution < 1.29 is 17.6 Å². The number of nitrogens with zero attached hydrogens (tertiary/aromatic N) is 2. The quantitative estimate of drug-likeness (QED) is 0.501. The molecule has 34 heavy (non-hydrogen) atoms. The van der Waals surface area contributed by atoms with E-state index in [1.165, 1.54) is 15.3 Å². The van der Waals surface area contributed by atoms with Gasteiger partial charge in [-0.3, -0.25) is 4.79 Å². The number of benzene rings is 3. The van der Waals surface area contributed by atoms with E-state index in [9.17, 15) is 13.2 Å². The summed E-state index contributed by atoms with van der Waals surface area (Å²) in [7, 11) is -0.253. The van der Waals surface area contributed by atoms with Crippen LogP contribution in [0.25, 0.3) is 11.1 Å². The van der Waals surface area contributed by atoms with Crippen LogP contribution < -0.4 is 0 Å². The minimum Gasteiger partial charge on any atom is -0.345 e. The van der Waals surface area contributed by atoms with Crippen LogP contribution in [0.2, 0.25) is 0 Å². The summed E-state index contributed by atoms with van der Waals surface area (Å²) in [5.74, 6) is -0.547. The molecule has 1 aliphatic heterocycles. The highest BCUT2D eigenvalue weighted by molar-refractivity contribution is 7.89. The zero-order valence-electron chi connectivity index (χ0n) is 19.6. The van der Waals surface area contributed by atoms with Crippen molar-refractivity contribution in [1.29, 1.82) is 0 Å². The van der Waals surface area contributed by atoms with E-state index in [-0.39, 0.29) is 18.5 Å². The zero-order valence-corrected chi connectivity index (χ0v) is 20.4. The van der Waals surface area contributed by atoms with Crippen molar-refractivity contribution in [3.05, 3.63) is 95.3 Å². The lowest BCUT2D eigenvalue weighted by molar-refractivity contribution is 0.0827. The number of amides is 1. The van der Waals surface area contributed by atoms with Crippen molar-refractivity contribution in [2.45, 2.75) is 37.6 Å². The summed E-state index contributed by atoms with van der Waals surface area (Å²) in [5.41, 5.74) is 3.12. The first-order valence-corrected chi connectivity index (χ1v) is 12.8. The van der Waals surface area contributed by atoms with Gasteiger partial charge in [0.25, 0.3) is 5.91 Å². The lowest BCUT2D eigenvalue weighted by atomic mass is 10.0. The number of hydrogen-bond donors (Lipinski definition) is 0. The summed E-state index contributed by atoms with van der Waals surface area (Å²) < 4.78 is 43.4. The number of carbonyl (C=O) groups is 1. The summed E-state index contributed by atoms with van der Waals surface area (Å²) in [6, 6.07) is 20.9. The Morgan fingerprint density at radius 3 is 2.24 bits per heavy atom. The van der Waals surface area contributed by atoms with E-state index < -0.39 is 21.1 Å². The lowest BCUT2D eigenvalue weighted by Gasteiger charge is -2.37. The molecule has 3 aromatic rings. The van der Waals surface area contributed by atoms with Crippen molar-refractivity contribution in [2.24, 2.45) is 0 Å². The molecule has 1 saturated heterocycles. The van der Waals surface area contributed by atoms with Gasteiger partial charge in [-0.2, -0.15) is 4.31 Å². The van der Waals surface area contributed by atoms with E-state index in [1.807, 2.05) is 37.3 Å². The van der Waals surface area contributed by atoms with Gasteiger partial charge in [0.05, 0.1) is 0 Å². The van der Waals surface area contributed by atoms with Crippen LogP contribution in [0.3, 0.4) is 0 Å². The average Bonchev–Trinajstić information content (AvgIpc) is 2.82. The predicted molar refractivity (Wildman–Crippen MR) is 132 cm³/mol. The van der Waals surface area contributed by atoms with Crippen LogP contribution in [0, 0.1) is 5.82 Å². The molecule has 4 rings (SSSR count). The van der Waals surface area contributed by atoms with Gasteiger partial charge in [-0.25, -0.2) is 12.8 Å². The largest absolute Gasteiger partial charge is 0.345 e. The zero-order chi connectivity index (χ0) is 24.5. The smallest absolute Gasteiger partial charge is 0.253 e.